The minimum Gasteiger partial charge on any atom is -0.348 e. The molecule has 0 aliphatic heterocycles. The lowest BCUT2D eigenvalue weighted by molar-refractivity contribution is -0.121. The Kier molecular flexibility index (Phi) is 6.11. The van der Waals surface area contributed by atoms with Crippen molar-refractivity contribution in [3.8, 4) is 0 Å². The number of sulfonamides is 1. The number of benzene rings is 3. The summed E-state index contributed by atoms with van der Waals surface area (Å²) in [6.07, 6.45) is 0. The van der Waals surface area contributed by atoms with E-state index in [4.69, 9.17) is 0 Å². The summed E-state index contributed by atoms with van der Waals surface area (Å²) in [6.45, 7) is 3.60. The molecule has 0 radical (unpaired) electrons. The van der Waals surface area contributed by atoms with Crippen molar-refractivity contribution in [3.05, 3.63) is 78.4 Å². The average Bonchev–Trinajstić information content (AvgIpc) is 2.72. The van der Waals surface area contributed by atoms with Gasteiger partial charge in [-0.15, -0.1) is 0 Å². The maximum Gasteiger partial charge on any atom is 0.243 e. The van der Waals surface area contributed by atoms with Gasteiger partial charge in [0.05, 0.1) is 17.5 Å². The molecule has 3 aromatic carbocycles. The van der Waals surface area contributed by atoms with Crippen molar-refractivity contribution in [2.75, 3.05) is 13.1 Å². The summed E-state index contributed by atoms with van der Waals surface area (Å²) in [6, 6.07) is 22.0. The van der Waals surface area contributed by atoms with Gasteiger partial charge >= 0.3 is 0 Å². The molecular weight excluding hydrogens is 372 g/mol. The van der Waals surface area contributed by atoms with Gasteiger partial charge in [-0.25, -0.2) is 8.42 Å². The van der Waals surface area contributed by atoms with Crippen LogP contribution < -0.4 is 5.32 Å². The van der Waals surface area contributed by atoms with E-state index in [0.29, 0.717) is 0 Å². The molecule has 0 fully saturated rings. The van der Waals surface area contributed by atoms with Crippen LogP contribution in [0.15, 0.2) is 77.7 Å². The predicted molar refractivity (Wildman–Crippen MR) is 111 cm³/mol. The van der Waals surface area contributed by atoms with Crippen LogP contribution in [0.25, 0.3) is 10.8 Å². The molecule has 0 aromatic heterocycles. The quantitative estimate of drug-likeness (QED) is 0.662. The third-order valence-corrected chi connectivity index (χ3v) is 6.63. The SMILES string of the molecule is CCN(CC(=O)N[C@@H](C)c1ccccc1)S(=O)(=O)c1ccc2ccccc2c1. The lowest BCUT2D eigenvalue weighted by Crippen LogP contribution is -2.41. The summed E-state index contributed by atoms with van der Waals surface area (Å²) in [4.78, 5) is 12.7. The normalized spacial score (nSPS) is 12.8. The predicted octanol–water partition coefficient (Wildman–Crippen LogP) is 3.73. The second-order valence-electron chi connectivity index (χ2n) is 6.64. The Morgan fingerprint density at radius 2 is 1.61 bits per heavy atom. The fraction of sp³-hybridized carbons (Fsp3) is 0.227. The lowest BCUT2D eigenvalue weighted by Gasteiger charge is -2.22. The van der Waals surface area contributed by atoms with Crippen LogP contribution >= 0.6 is 0 Å². The van der Waals surface area contributed by atoms with E-state index >= 15 is 0 Å². The Hall–Kier alpha value is -2.70. The molecule has 28 heavy (non-hydrogen) atoms. The fourth-order valence-corrected chi connectivity index (χ4v) is 4.56. The van der Waals surface area contributed by atoms with E-state index in [1.807, 2.05) is 61.5 Å². The van der Waals surface area contributed by atoms with E-state index in [0.717, 1.165) is 16.3 Å². The molecule has 3 rings (SSSR count). The number of nitrogens with zero attached hydrogens (tertiary/aromatic N) is 1. The van der Waals surface area contributed by atoms with Crippen molar-refractivity contribution < 1.29 is 13.2 Å². The number of hydrogen-bond donors (Lipinski definition) is 1. The number of carbonyl (C=O) groups is 1. The smallest absolute Gasteiger partial charge is 0.243 e. The minimum atomic E-state index is -3.77. The van der Waals surface area contributed by atoms with Gasteiger partial charge in [-0.3, -0.25) is 4.79 Å². The number of rotatable bonds is 7. The molecule has 5 nitrogen and oxygen atoms in total. The molecular formula is C22H24N2O3S. The molecule has 0 heterocycles. The maximum atomic E-state index is 13.0. The monoisotopic (exact) mass is 396 g/mol. The maximum absolute atomic E-state index is 13.0. The Morgan fingerprint density at radius 1 is 0.964 bits per heavy atom. The number of fused-ring (bicyclic) bond motifs is 1. The molecule has 0 saturated heterocycles. The second kappa shape index (κ2) is 8.54. The highest BCUT2D eigenvalue weighted by atomic mass is 32.2. The van der Waals surface area contributed by atoms with Crippen LogP contribution in [0.2, 0.25) is 0 Å². The van der Waals surface area contributed by atoms with Gasteiger partial charge in [-0.2, -0.15) is 4.31 Å². The molecule has 0 aliphatic rings. The first kappa shape index (κ1) is 20.0. The zero-order valence-electron chi connectivity index (χ0n) is 16.0. The molecule has 0 saturated carbocycles. The van der Waals surface area contributed by atoms with Gasteiger partial charge in [0.25, 0.3) is 0 Å². The lowest BCUT2D eigenvalue weighted by atomic mass is 10.1. The van der Waals surface area contributed by atoms with Gasteiger partial charge in [0.15, 0.2) is 0 Å². The number of hydrogen-bond acceptors (Lipinski definition) is 3. The molecule has 0 aliphatic carbocycles. The van der Waals surface area contributed by atoms with E-state index < -0.39 is 10.0 Å². The summed E-state index contributed by atoms with van der Waals surface area (Å²) < 4.78 is 27.3. The van der Waals surface area contributed by atoms with Crippen LogP contribution in [0.5, 0.6) is 0 Å². The molecule has 0 unspecified atom stereocenters. The number of carbonyl (C=O) groups excluding carboxylic acids is 1. The number of likely N-dealkylation sites (N-methyl/N-ethyl adjacent to an activating group) is 1. The summed E-state index contributed by atoms with van der Waals surface area (Å²) in [5, 5.41) is 4.69. The summed E-state index contributed by atoms with van der Waals surface area (Å²) in [7, 11) is -3.77. The summed E-state index contributed by atoms with van der Waals surface area (Å²) in [5.74, 6) is -0.331. The van der Waals surface area contributed by atoms with E-state index in [-0.39, 0.29) is 29.9 Å². The summed E-state index contributed by atoms with van der Waals surface area (Å²) >= 11 is 0. The van der Waals surface area contributed by atoms with Gasteiger partial charge in [0.2, 0.25) is 15.9 Å². The molecule has 1 amide bonds. The van der Waals surface area contributed by atoms with Crippen molar-refractivity contribution in [3.63, 3.8) is 0 Å². The topological polar surface area (TPSA) is 66.5 Å². The molecule has 0 spiro atoms. The van der Waals surface area contributed by atoms with E-state index in [1.165, 1.54) is 4.31 Å². The van der Waals surface area contributed by atoms with Crippen LogP contribution in [0.3, 0.4) is 0 Å². The highest BCUT2D eigenvalue weighted by Gasteiger charge is 2.26. The van der Waals surface area contributed by atoms with Crippen LogP contribution in [0, 0.1) is 0 Å². The van der Waals surface area contributed by atoms with Crippen LogP contribution in [-0.4, -0.2) is 31.7 Å². The molecule has 1 N–H and O–H groups in total. The van der Waals surface area contributed by atoms with Gasteiger partial charge in [0.1, 0.15) is 0 Å². The Balaban J connectivity index is 1.76. The van der Waals surface area contributed by atoms with Crippen LogP contribution in [-0.2, 0) is 14.8 Å². The van der Waals surface area contributed by atoms with E-state index in [2.05, 4.69) is 5.32 Å². The molecule has 0 bridgehead atoms. The number of nitrogens with one attached hydrogen (secondary N) is 1. The van der Waals surface area contributed by atoms with Crippen molar-refractivity contribution >= 4 is 26.7 Å². The average molecular weight is 397 g/mol. The van der Waals surface area contributed by atoms with Gasteiger partial charge < -0.3 is 5.32 Å². The van der Waals surface area contributed by atoms with Crippen LogP contribution in [0.1, 0.15) is 25.5 Å². The fourth-order valence-electron chi connectivity index (χ4n) is 3.12. The molecule has 146 valence electrons. The van der Waals surface area contributed by atoms with Crippen molar-refractivity contribution in [1.82, 2.24) is 9.62 Å². The first-order chi connectivity index (χ1) is 13.4. The largest absolute Gasteiger partial charge is 0.348 e. The number of amides is 1. The Labute approximate surface area is 166 Å². The van der Waals surface area contributed by atoms with Gasteiger partial charge in [0, 0.05) is 6.54 Å². The van der Waals surface area contributed by atoms with Gasteiger partial charge in [-0.1, -0.05) is 67.6 Å². The van der Waals surface area contributed by atoms with Crippen molar-refractivity contribution in [2.24, 2.45) is 0 Å². The second-order valence-corrected chi connectivity index (χ2v) is 8.58. The highest BCUT2D eigenvalue weighted by Crippen LogP contribution is 2.22. The zero-order valence-corrected chi connectivity index (χ0v) is 16.8. The Bertz CT molecular complexity index is 1070. The molecule has 3 aromatic rings. The Morgan fingerprint density at radius 3 is 2.29 bits per heavy atom. The van der Waals surface area contributed by atoms with Crippen molar-refractivity contribution in [2.45, 2.75) is 24.8 Å². The first-order valence-electron chi connectivity index (χ1n) is 9.25. The first-order valence-corrected chi connectivity index (χ1v) is 10.7. The van der Waals surface area contributed by atoms with E-state index in [1.54, 1.807) is 25.1 Å². The summed E-state index contributed by atoms with van der Waals surface area (Å²) in [5.41, 5.74) is 0.969. The minimum absolute atomic E-state index is 0.192. The highest BCUT2D eigenvalue weighted by molar-refractivity contribution is 7.89. The van der Waals surface area contributed by atoms with E-state index in [9.17, 15) is 13.2 Å². The molecule has 1 atom stereocenters. The standard InChI is InChI=1S/C22H24N2O3S/c1-3-24(16-22(25)23-17(2)18-9-5-4-6-10-18)28(26,27)21-14-13-19-11-7-8-12-20(19)15-21/h4-15,17H,3,16H2,1-2H3,(H,23,25)/t17-/m0/s1. The van der Waals surface area contributed by atoms with Crippen molar-refractivity contribution in [1.29, 1.82) is 0 Å². The third kappa shape index (κ3) is 4.40. The molecule has 6 heteroatoms. The van der Waals surface area contributed by atoms with Gasteiger partial charge in [-0.05, 0) is 35.4 Å². The van der Waals surface area contributed by atoms with Crippen LogP contribution in [0.4, 0.5) is 0 Å². The zero-order chi connectivity index (χ0) is 20.1. The third-order valence-electron chi connectivity index (χ3n) is 4.71.